The molecule has 0 atom stereocenters. The van der Waals surface area contributed by atoms with Crippen LogP contribution in [0.25, 0.3) is 0 Å². The fourth-order valence-corrected chi connectivity index (χ4v) is 3.96. The zero-order chi connectivity index (χ0) is 23.6. The minimum atomic E-state index is -0.0293. The van der Waals surface area contributed by atoms with Gasteiger partial charge >= 0.3 is 0 Å². The van der Waals surface area contributed by atoms with E-state index in [4.69, 9.17) is 5.73 Å². The van der Waals surface area contributed by atoms with Gasteiger partial charge in [-0.3, -0.25) is 4.79 Å². The number of nitrogens with two attached hydrogens (primary N) is 1. The van der Waals surface area contributed by atoms with Crippen molar-refractivity contribution in [3.05, 3.63) is 107 Å². The van der Waals surface area contributed by atoms with Crippen LogP contribution < -0.4 is 21.7 Å². The van der Waals surface area contributed by atoms with Gasteiger partial charge in [-0.05, 0) is 65.5 Å². The highest BCUT2D eigenvalue weighted by atomic mass is 35.5. The van der Waals surface area contributed by atoms with Gasteiger partial charge in [0.15, 0.2) is 0 Å². The summed E-state index contributed by atoms with van der Waals surface area (Å²) in [6.07, 6.45) is 0.382. The number of hydrogen-bond acceptors (Lipinski definition) is 5. The number of para-hydroxylation sites is 1. The second kappa shape index (κ2) is 16.6. The fraction of sp³-hybridized carbons (Fsp3) is 0.111. The number of amides is 1. The zero-order valence-corrected chi connectivity index (χ0v) is 23.2. The number of nitrogens with zero attached hydrogens (tertiary/aromatic N) is 1. The van der Waals surface area contributed by atoms with Crippen LogP contribution in [0.4, 0.5) is 22.7 Å². The van der Waals surface area contributed by atoms with E-state index in [2.05, 4.69) is 20.9 Å². The maximum atomic E-state index is 12.3. The zero-order valence-electron chi connectivity index (χ0n) is 19.9. The normalized spacial score (nSPS) is 10.3. The maximum absolute atomic E-state index is 12.3. The summed E-state index contributed by atoms with van der Waals surface area (Å²) in [6.45, 7) is 1.22. The van der Waals surface area contributed by atoms with Crippen LogP contribution in [0.1, 0.15) is 16.9 Å². The van der Waals surface area contributed by atoms with Gasteiger partial charge < -0.3 is 21.7 Å². The molecule has 0 saturated carbocycles. The first-order valence-corrected chi connectivity index (χ1v) is 11.9. The number of halogens is 3. The number of rotatable bonds is 10. The summed E-state index contributed by atoms with van der Waals surface area (Å²) in [5, 5.41) is 11.6. The highest BCUT2D eigenvalue weighted by molar-refractivity contribution is 7.12. The summed E-state index contributed by atoms with van der Waals surface area (Å²) in [5.74, 6) is 0.485. The maximum Gasteiger partial charge on any atom is 0.225 e. The monoisotopic (exact) mass is 577 g/mol. The van der Waals surface area contributed by atoms with Crippen molar-refractivity contribution in [1.82, 2.24) is 5.32 Å². The molecule has 4 rings (SSSR count). The fourth-order valence-electron chi connectivity index (χ4n) is 3.34. The third kappa shape index (κ3) is 10.4. The van der Waals surface area contributed by atoms with E-state index in [1.165, 1.54) is 0 Å². The summed E-state index contributed by atoms with van der Waals surface area (Å²) in [5.41, 5.74) is 10.7. The van der Waals surface area contributed by atoms with Gasteiger partial charge in [0.2, 0.25) is 5.91 Å². The Hall–Kier alpha value is -3.07. The molecule has 0 unspecified atom stereocenters. The number of benzene rings is 3. The van der Waals surface area contributed by atoms with Crippen molar-refractivity contribution in [3.63, 3.8) is 0 Å². The van der Waals surface area contributed by atoms with E-state index >= 15 is 0 Å². The van der Waals surface area contributed by atoms with E-state index in [1.807, 2.05) is 96.4 Å². The molecule has 0 bridgehead atoms. The summed E-state index contributed by atoms with van der Waals surface area (Å²) in [7, 11) is 0. The number of carbonyl (C=O) groups is 1. The number of amidine groups is 1. The number of aliphatic imine (C=N–C) groups is 1. The van der Waals surface area contributed by atoms with Gasteiger partial charge in [-0.15, -0.1) is 48.6 Å². The van der Waals surface area contributed by atoms with Crippen molar-refractivity contribution in [3.8, 4) is 0 Å². The average Bonchev–Trinajstić information content (AvgIpc) is 3.40. The first-order valence-electron chi connectivity index (χ1n) is 11.1. The molecule has 10 heteroatoms. The highest BCUT2D eigenvalue weighted by Crippen LogP contribution is 2.19. The Morgan fingerprint density at radius 1 is 0.811 bits per heavy atom. The number of nitrogens with one attached hydrogen (secondary N) is 3. The molecule has 0 spiro atoms. The average molecular weight is 579 g/mol. The van der Waals surface area contributed by atoms with Gasteiger partial charge in [0.25, 0.3) is 0 Å². The van der Waals surface area contributed by atoms with Gasteiger partial charge in [-0.2, -0.15) is 0 Å². The summed E-state index contributed by atoms with van der Waals surface area (Å²) >= 11 is 1.57. The Labute approximate surface area is 240 Å². The lowest BCUT2D eigenvalue weighted by atomic mass is 10.2. The molecule has 0 aliphatic heterocycles. The molecule has 0 aliphatic rings. The number of anilines is 3. The smallest absolute Gasteiger partial charge is 0.225 e. The summed E-state index contributed by atoms with van der Waals surface area (Å²) < 4.78 is 0. The third-order valence-electron chi connectivity index (χ3n) is 5.02. The SMILES string of the molecule is Cl.Cl.Cl.NC(=Nc1cccc(CNCCC(=O)Nc2ccc(Nc3ccccc3)cc2)c1)c1cccs1. The molecule has 0 radical (unpaired) electrons. The second-order valence-corrected chi connectivity index (χ2v) is 8.64. The molecule has 1 heterocycles. The number of thiophene rings is 1. The molecule has 6 nitrogen and oxygen atoms in total. The van der Waals surface area contributed by atoms with Crippen LogP contribution in [0.2, 0.25) is 0 Å². The van der Waals surface area contributed by atoms with Crippen molar-refractivity contribution in [2.45, 2.75) is 13.0 Å². The first kappa shape index (κ1) is 32.0. The molecular formula is C27H30Cl3N5OS. The summed E-state index contributed by atoms with van der Waals surface area (Å²) in [6, 6.07) is 29.5. The Morgan fingerprint density at radius 3 is 2.22 bits per heavy atom. The van der Waals surface area contributed by atoms with Crippen molar-refractivity contribution in [2.24, 2.45) is 10.7 Å². The predicted octanol–water partition coefficient (Wildman–Crippen LogP) is 6.91. The van der Waals surface area contributed by atoms with E-state index in [9.17, 15) is 4.79 Å². The van der Waals surface area contributed by atoms with Gasteiger partial charge in [0.1, 0.15) is 5.84 Å². The standard InChI is InChI=1S/C27H27N5OS.3ClH/c28-27(25-10-5-17-34-25)32-24-9-4-6-20(18-24)19-29-16-15-26(33)31-23-13-11-22(12-14-23)30-21-7-2-1-3-8-21;;;/h1-14,17-18,29-30H,15-16,19H2,(H2,28,32)(H,31,33);3*1H. The molecule has 37 heavy (non-hydrogen) atoms. The largest absolute Gasteiger partial charge is 0.383 e. The second-order valence-electron chi connectivity index (χ2n) is 7.69. The van der Waals surface area contributed by atoms with Crippen molar-refractivity contribution < 1.29 is 4.79 Å². The lowest BCUT2D eigenvalue weighted by Gasteiger charge is -2.09. The molecule has 4 aromatic rings. The van der Waals surface area contributed by atoms with E-state index in [0.29, 0.717) is 25.3 Å². The highest BCUT2D eigenvalue weighted by Gasteiger charge is 2.04. The van der Waals surface area contributed by atoms with Crippen molar-refractivity contribution >= 4 is 83.1 Å². The van der Waals surface area contributed by atoms with Crippen molar-refractivity contribution in [1.29, 1.82) is 0 Å². The molecule has 3 aromatic carbocycles. The third-order valence-corrected chi connectivity index (χ3v) is 5.92. The van der Waals surface area contributed by atoms with E-state index in [1.54, 1.807) is 11.3 Å². The van der Waals surface area contributed by atoms with Crippen LogP contribution in [-0.4, -0.2) is 18.3 Å². The van der Waals surface area contributed by atoms with Gasteiger partial charge in [0, 0.05) is 36.6 Å². The number of hydrogen-bond donors (Lipinski definition) is 4. The first-order chi connectivity index (χ1) is 16.7. The van der Waals surface area contributed by atoms with E-state index < -0.39 is 0 Å². The Kier molecular flexibility index (Phi) is 14.4. The van der Waals surface area contributed by atoms with E-state index in [0.717, 1.165) is 33.2 Å². The van der Waals surface area contributed by atoms with Crippen LogP contribution >= 0.6 is 48.6 Å². The van der Waals surface area contributed by atoms with E-state index in [-0.39, 0.29) is 43.1 Å². The number of carbonyl (C=O) groups excluding carboxylic acids is 1. The minimum Gasteiger partial charge on any atom is -0.383 e. The molecule has 0 fully saturated rings. The van der Waals surface area contributed by atoms with Crippen molar-refractivity contribution in [2.75, 3.05) is 17.2 Å². The molecule has 196 valence electrons. The Balaban J connectivity index is 0.00000228. The summed E-state index contributed by atoms with van der Waals surface area (Å²) in [4.78, 5) is 17.7. The van der Waals surface area contributed by atoms with Crippen LogP contribution in [0.5, 0.6) is 0 Å². The van der Waals surface area contributed by atoms with Gasteiger partial charge in [-0.25, -0.2) is 4.99 Å². The van der Waals surface area contributed by atoms with Gasteiger partial charge in [0.05, 0.1) is 10.6 Å². The van der Waals surface area contributed by atoms with Crippen LogP contribution in [0.15, 0.2) is 101 Å². The molecule has 1 aromatic heterocycles. The molecule has 0 aliphatic carbocycles. The lowest BCUT2D eigenvalue weighted by Crippen LogP contribution is -2.21. The molecule has 5 N–H and O–H groups in total. The predicted molar refractivity (Wildman–Crippen MR) is 164 cm³/mol. The lowest BCUT2D eigenvalue weighted by molar-refractivity contribution is -0.116. The Morgan fingerprint density at radius 2 is 1.51 bits per heavy atom. The molecule has 1 amide bonds. The molecular weight excluding hydrogens is 549 g/mol. The minimum absolute atomic E-state index is 0. The van der Waals surface area contributed by atoms with Gasteiger partial charge in [-0.1, -0.05) is 36.4 Å². The quantitative estimate of drug-likeness (QED) is 0.0934. The van der Waals surface area contributed by atoms with Crippen LogP contribution in [-0.2, 0) is 11.3 Å². The molecule has 0 saturated heterocycles. The van der Waals surface area contributed by atoms with Crippen LogP contribution in [0.3, 0.4) is 0 Å². The van der Waals surface area contributed by atoms with Crippen LogP contribution in [0, 0.1) is 0 Å². The Bertz CT molecular complexity index is 1240. The topological polar surface area (TPSA) is 91.5 Å².